The van der Waals surface area contributed by atoms with E-state index in [0.717, 1.165) is 25.2 Å². The summed E-state index contributed by atoms with van der Waals surface area (Å²) in [6.07, 6.45) is 15.3. The van der Waals surface area contributed by atoms with Crippen LogP contribution < -0.4 is 0 Å². The van der Waals surface area contributed by atoms with Gasteiger partial charge in [0.2, 0.25) is 0 Å². The molecular formula is C32H54O3. The lowest BCUT2D eigenvalue weighted by Gasteiger charge is -2.67. The van der Waals surface area contributed by atoms with E-state index >= 15 is 0 Å². The van der Waals surface area contributed by atoms with Crippen LogP contribution >= 0.6 is 0 Å². The normalized spacial score (nSPS) is 46.0. The number of aliphatic hydroxyl groups excluding tert-OH is 1. The van der Waals surface area contributed by atoms with Crippen LogP contribution in [-0.4, -0.2) is 37.1 Å². The Bertz CT molecular complexity index is 855. The molecule has 0 aliphatic heterocycles. The number of allylic oxidation sites excluding steroid dienone is 1. The van der Waals surface area contributed by atoms with Crippen LogP contribution in [-0.2, 0) is 9.47 Å². The number of ether oxygens (including phenoxy) is 2. The van der Waals surface area contributed by atoms with Crippen molar-refractivity contribution in [2.24, 2.45) is 45.3 Å². The van der Waals surface area contributed by atoms with Crippen LogP contribution in [0.4, 0.5) is 0 Å². The fraction of sp³-hybridized carbons (Fsp3) is 0.875. The third-order valence-electron chi connectivity index (χ3n) is 12.3. The summed E-state index contributed by atoms with van der Waals surface area (Å²) in [6.45, 7) is 19.1. The van der Waals surface area contributed by atoms with Crippen molar-refractivity contribution in [1.29, 1.82) is 0 Å². The number of aliphatic hydroxyl groups is 1. The second-order valence-corrected chi connectivity index (χ2v) is 14.6. The summed E-state index contributed by atoms with van der Waals surface area (Å²) in [5, 5.41) is 10.9. The summed E-state index contributed by atoms with van der Waals surface area (Å²) < 4.78 is 12.0. The van der Waals surface area contributed by atoms with Crippen LogP contribution in [0, 0.1) is 45.3 Å². The highest BCUT2D eigenvalue weighted by molar-refractivity contribution is 5.32. The first kappa shape index (κ1) is 27.4. The van der Waals surface area contributed by atoms with Gasteiger partial charge in [0.05, 0.1) is 17.8 Å². The van der Waals surface area contributed by atoms with E-state index in [-0.39, 0.29) is 34.1 Å². The minimum atomic E-state index is -0.250. The second kappa shape index (κ2) is 8.98. The number of hydrogen-bond donors (Lipinski definition) is 1. The van der Waals surface area contributed by atoms with E-state index in [4.69, 9.17) is 9.47 Å². The first-order valence-electron chi connectivity index (χ1n) is 14.3. The molecule has 4 aliphatic rings. The molecule has 0 heterocycles. The largest absolute Gasteiger partial charge is 0.392 e. The van der Waals surface area contributed by atoms with Gasteiger partial charge in [-0.3, -0.25) is 0 Å². The topological polar surface area (TPSA) is 38.7 Å². The van der Waals surface area contributed by atoms with Crippen LogP contribution in [0.2, 0.25) is 0 Å². The highest BCUT2D eigenvalue weighted by Crippen LogP contribution is 2.75. The number of rotatable bonds is 6. The summed E-state index contributed by atoms with van der Waals surface area (Å²) in [4.78, 5) is 0. The Labute approximate surface area is 216 Å². The first-order chi connectivity index (χ1) is 16.2. The van der Waals surface area contributed by atoms with E-state index in [1.165, 1.54) is 31.3 Å². The highest BCUT2D eigenvalue weighted by atomic mass is 16.5. The molecule has 0 unspecified atom stereocenters. The van der Waals surface area contributed by atoms with Crippen molar-refractivity contribution in [3.8, 4) is 0 Å². The maximum atomic E-state index is 10.9. The van der Waals surface area contributed by atoms with Crippen LogP contribution in [0.1, 0.15) is 100 Å². The Morgan fingerprint density at radius 2 is 1.71 bits per heavy atom. The SMILES string of the molecule is CO[C@H]1C=C2[C@@H](CC[C@H](O)C2(C)C)[C@]2(C)CC[C@]3(C)[C@@H]([C@H](C)C/C=C/C(C)(C)OC)CC[C@@]3(C)[C@H]12. The highest BCUT2D eigenvalue weighted by Gasteiger charge is 2.69. The molecule has 200 valence electrons. The van der Waals surface area contributed by atoms with Gasteiger partial charge in [0.15, 0.2) is 0 Å². The lowest BCUT2D eigenvalue weighted by molar-refractivity contribution is -0.182. The maximum absolute atomic E-state index is 10.9. The van der Waals surface area contributed by atoms with Crippen LogP contribution in [0.15, 0.2) is 23.8 Å². The Morgan fingerprint density at radius 3 is 2.34 bits per heavy atom. The zero-order valence-electron chi connectivity index (χ0n) is 24.4. The lowest BCUT2D eigenvalue weighted by Crippen LogP contribution is -2.63. The second-order valence-electron chi connectivity index (χ2n) is 14.6. The summed E-state index contributed by atoms with van der Waals surface area (Å²) in [7, 11) is 3.71. The Hall–Kier alpha value is -0.640. The van der Waals surface area contributed by atoms with Crippen LogP contribution in [0.25, 0.3) is 0 Å². The minimum Gasteiger partial charge on any atom is -0.392 e. The van der Waals surface area contributed by atoms with E-state index in [9.17, 15) is 5.11 Å². The number of fused-ring (bicyclic) bond motifs is 5. The van der Waals surface area contributed by atoms with Gasteiger partial charge in [-0.1, -0.05) is 65.3 Å². The molecule has 35 heavy (non-hydrogen) atoms. The molecule has 0 aromatic heterocycles. The molecule has 3 nitrogen and oxygen atoms in total. The standard InChI is InChI=1S/C32H54O3/c1-21(12-11-16-28(2,3)35-10)22-15-17-32(8)27-25(34-9)20-24-23(13-14-26(33)29(24,4)5)30(27,6)18-19-31(22,32)7/h11,16,20-23,25-27,33H,12-15,17-19H2,1-10H3/b16-11+/t21-,22-,23-,25+,26+,27-,30+,31-,32+/m1/s1. The average molecular weight is 487 g/mol. The molecular weight excluding hydrogens is 432 g/mol. The molecule has 4 rings (SSSR count). The molecule has 1 N–H and O–H groups in total. The molecule has 0 aromatic carbocycles. The van der Waals surface area contributed by atoms with Crippen molar-refractivity contribution in [3.05, 3.63) is 23.8 Å². The van der Waals surface area contributed by atoms with Crippen molar-refractivity contribution in [2.75, 3.05) is 14.2 Å². The summed E-state index contributed by atoms with van der Waals surface area (Å²) in [5.74, 6) is 2.49. The fourth-order valence-corrected chi connectivity index (χ4v) is 9.69. The molecule has 0 saturated heterocycles. The Morgan fingerprint density at radius 1 is 1.03 bits per heavy atom. The van der Waals surface area contributed by atoms with Gasteiger partial charge in [-0.25, -0.2) is 0 Å². The smallest absolute Gasteiger partial charge is 0.0802 e. The maximum Gasteiger partial charge on any atom is 0.0802 e. The van der Waals surface area contributed by atoms with Crippen molar-refractivity contribution in [1.82, 2.24) is 0 Å². The molecule has 3 saturated carbocycles. The summed E-state index contributed by atoms with van der Waals surface area (Å²) >= 11 is 0. The van der Waals surface area contributed by atoms with Gasteiger partial charge in [-0.05, 0) is 92.8 Å². The molecule has 0 bridgehead atoms. The minimum absolute atomic E-state index is 0.136. The van der Waals surface area contributed by atoms with Gasteiger partial charge in [-0.15, -0.1) is 0 Å². The molecule has 0 aromatic rings. The predicted molar refractivity (Wildman–Crippen MR) is 145 cm³/mol. The van der Waals surface area contributed by atoms with Gasteiger partial charge >= 0.3 is 0 Å². The van der Waals surface area contributed by atoms with Gasteiger partial charge in [0, 0.05) is 25.6 Å². The van der Waals surface area contributed by atoms with Crippen molar-refractivity contribution in [2.45, 2.75) is 118 Å². The molecule has 3 fully saturated rings. The summed E-state index contributed by atoms with van der Waals surface area (Å²) in [6, 6.07) is 0. The fourth-order valence-electron chi connectivity index (χ4n) is 9.69. The predicted octanol–water partition coefficient (Wildman–Crippen LogP) is 7.58. The van der Waals surface area contributed by atoms with Gasteiger partial charge in [-0.2, -0.15) is 0 Å². The average Bonchev–Trinajstić information content (AvgIpc) is 3.07. The van der Waals surface area contributed by atoms with E-state index in [1.54, 1.807) is 7.11 Å². The molecule has 0 amide bonds. The molecule has 0 spiro atoms. The zero-order valence-corrected chi connectivity index (χ0v) is 24.4. The molecule has 3 heteroatoms. The van der Waals surface area contributed by atoms with Gasteiger partial charge in [0.1, 0.15) is 0 Å². The van der Waals surface area contributed by atoms with Gasteiger partial charge < -0.3 is 14.6 Å². The van der Waals surface area contributed by atoms with Crippen molar-refractivity contribution < 1.29 is 14.6 Å². The quantitative estimate of drug-likeness (QED) is 0.393. The van der Waals surface area contributed by atoms with E-state index in [2.05, 4.69) is 73.6 Å². The number of hydrogen-bond acceptors (Lipinski definition) is 3. The zero-order chi connectivity index (χ0) is 26.0. The Kier molecular flexibility index (Phi) is 7.03. The monoisotopic (exact) mass is 486 g/mol. The molecule has 0 radical (unpaired) electrons. The number of methoxy groups -OCH3 is 2. The van der Waals surface area contributed by atoms with E-state index < -0.39 is 0 Å². The van der Waals surface area contributed by atoms with E-state index in [1.807, 2.05) is 7.11 Å². The first-order valence-corrected chi connectivity index (χ1v) is 14.3. The van der Waals surface area contributed by atoms with Crippen molar-refractivity contribution in [3.63, 3.8) is 0 Å². The molecule has 4 aliphatic carbocycles. The van der Waals surface area contributed by atoms with Gasteiger partial charge in [0.25, 0.3) is 0 Å². The summed E-state index contributed by atoms with van der Waals surface area (Å²) in [5.41, 5.74) is 1.94. The van der Waals surface area contributed by atoms with Crippen LogP contribution in [0.5, 0.6) is 0 Å². The van der Waals surface area contributed by atoms with Crippen LogP contribution in [0.3, 0.4) is 0 Å². The van der Waals surface area contributed by atoms with E-state index in [0.29, 0.717) is 23.2 Å². The Balaban J connectivity index is 1.67. The lowest BCUT2D eigenvalue weighted by atomic mass is 9.38. The van der Waals surface area contributed by atoms with Crippen molar-refractivity contribution >= 4 is 0 Å². The third-order valence-corrected chi connectivity index (χ3v) is 12.3. The third kappa shape index (κ3) is 4.02. The molecule has 9 atom stereocenters.